The van der Waals surface area contributed by atoms with Gasteiger partial charge in [0, 0.05) is 19.2 Å². The molecule has 0 amide bonds. The van der Waals surface area contributed by atoms with E-state index in [0.717, 1.165) is 33.6 Å². The van der Waals surface area contributed by atoms with Crippen molar-refractivity contribution in [1.29, 1.82) is 5.26 Å². The summed E-state index contributed by atoms with van der Waals surface area (Å²) in [5.74, 6) is 2.34. The Balaban J connectivity index is 2.15. The Morgan fingerprint density at radius 2 is 1.96 bits per heavy atom. The molecule has 0 unspecified atom stereocenters. The van der Waals surface area contributed by atoms with E-state index in [4.69, 9.17) is 9.47 Å². The van der Waals surface area contributed by atoms with Crippen molar-refractivity contribution in [2.75, 3.05) is 13.7 Å². The second-order valence-electron chi connectivity index (χ2n) is 5.94. The van der Waals surface area contributed by atoms with Crippen LogP contribution in [-0.4, -0.2) is 23.3 Å². The third kappa shape index (κ3) is 3.27. The Labute approximate surface area is 153 Å². The van der Waals surface area contributed by atoms with Gasteiger partial charge in [-0.25, -0.2) is 4.98 Å². The molecule has 0 aliphatic heterocycles. The Morgan fingerprint density at radius 3 is 2.65 bits per heavy atom. The smallest absolute Gasteiger partial charge is 0.123 e. The normalized spacial score (nSPS) is 11.4. The predicted octanol–water partition coefficient (Wildman–Crippen LogP) is 4.24. The van der Waals surface area contributed by atoms with Crippen LogP contribution in [0, 0.1) is 18.3 Å². The number of nitriles is 1. The second-order valence-corrected chi connectivity index (χ2v) is 5.94. The molecule has 0 radical (unpaired) electrons. The number of rotatable bonds is 5. The fourth-order valence-corrected chi connectivity index (χ4v) is 2.98. The summed E-state index contributed by atoms with van der Waals surface area (Å²) >= 11 is 0. The molecule has 0 bridgehead atoms. The van der Waals surface area contributed by atoms with Crippen molar-refractivity contribution in [1.82, 2.24) is 9.55 Å². The van der Waals surface area contributed by atoms with Gasteiger partial charge in [0.05, 0.1) is 30.8 Å². The van der Waals surface area contributed by atoms with Gasteiger partial charge in [0.25, 0.3) is 0 Å². The largest absolute Gasteiger partial charge is 0.497 e. The lowest BCUT2D eigenvalue weighted by Gasteiger charge is -2.12. The number of nitrogens with zero attached hydrogens (tertiary/aromatic N) is 3. The first-order valence-corrected chi connectivity index (χ1v) is 8.42. The number of hydrogen-bond donors (Lipinski definition) is 0. The van der Waals surface area contributed by atoms with Gasteiger partial charge in [-0.2, -0.15) is 5.26 Å². The van der Waals surface area contributed by atoms with Gasteiger partial charge in [-0.1, -0.05) is 6.07 Å². The van der Waals surface area contributed by atoms with Gasteiger partial charge in [-0.05, 0) is 54.8 Å². The molecular weight excluding hydrogens is 326 g/mol. The van der Waals surface area contributed by atoms with Crippen molar-refractivity contribution in [2.24, 2.45) is 7.05 Å². The zero-order valence-corrected chi connectivity index (χ0v) is 15.4. The van der Waals surface area contributed by atoms with E-state index in [9.17, 15) is 5.26 Å². The average molecular weight is 347 g/mol. The maximum Gasteiger partial charge on any atom is 0.123 e. The van der Waals surface area contributed by atoms with Gasteiger partial charge >= 0.3 is 0 Å². The highest BCUT2D eigenvalue weighted by Gasteiger charge is 2.12. The molecule has 3 rings (SSSR count). The van der Waals surface area contributed by atoms with Gasteiger partial charge in [-0.3, -0.25) is 0 Å². The Morgan fingerprint density at radius 1 is 1.19 bits per heavy atom. The quantitative estimate of drug-likeness (QED) is 0.648. The molecule has 5 nitrogen and oxygen atoms in total. The van der Waals surface area contributed by atoms with Gasteiger partial charge < -0.3 is 14.0 Å². The fraction of sp³-hybridized carbons (Fsp3) is 0.238. The highest BCUT2D eigenvalue weighted by Crippen LogP contribution is 2.32. The summed E-state index contributed by atoms with van der Waals surface area (Å²) in [7, 11) is 3.61. The number of allylic oxidation sites excluding steroid dienone is 1. The number of methoxy groups -OCH3 is 1. The van der Waals surface area contributed by atoms with E-state index in [1.807, 2.05) is 61.9 Å². The monoisotopic (exact) mass is 347 g/mol. The SMILES string of the molecule is CCOc1cc(OC)cc(/C(=C/C#N)c2ccc3c(c2)nc(C)n3C)c1. The van der Waals surface area contributed by atoms with Crippen molar-refractivity contribution >= 4 is 16.6 Å². The van der Waals surface area contributed by atoms with Crippen molar-refractivity contribution in [3.8, 4) is 17.6 Å². The molecule has 0 saturated heterocycles. The molecular formula is C21H21N3O2. The summed E-state index contributed by atoms with van der Waals surface area (Å²) in [5, 5.41) is 9.31. The molecule has 0 aliphatic rings. The molecule has 0 N–H and O–H groups in total. The molecule has 26 heavy (non-hydrogen) atoms. The summed E-state index contributed by atoms with van der Waals surface area (Å²) in [6.07, 6.45) is 1.54. The molecule has 132 valence electrons. The number of benzene rings is 2. The van der Waals surface area contributed by atoms with Crippen LogP contribution in [0.4, 0.5) is 0 Å². The summed E-state index contributed by atoms with van der Waals surface area (Å²) in [4.78, 5) is 4.59. The molecule has 2 aromatic carbocycles. The van der Waals surface area contributed by atoms with E-state index in [1.165, 1.54) is 0 Å². The van der Waals surface area contributed by atoms with E-state index in [0.29, 0.717) is 18.1 Å². The summed E-state index contributed by atoms with van der Waals surface area (Å²) < 4.78 is 13.1. The van der Waals surface area contributed by atoms with Crippen LogP contribution in [-0.2, 0) is 7.05 Å². The summed E-state index contributed by atoms with van der Waals surface area (Å²) in [6, 6.07) is 13.8. The van der Waals surface area contributed by atoms with Crippen LogP contribution in [0.25, 0.3) is 16.6 Å². The van der Waals surface area contributed by atoms with Crippen LogP contribution in [0.3, 0.4) is 0 Å². The zero-order valence-electron chi connectivity index (χ0n) is 15.4. The molecule has 0 spiro atoms. The molecule has 5 heteroatoms. The first kappa shape index (κ1) is 17.6. The van der Waals surface area contributed by atoms with E-state index in [-0.39, 0.29) is 0 Å². The highest BCUT2D eigenvalue weighted by atomic mass is 16.5. The maximum atomic E-state index is 9.31. The topological polar surface area (TPSA) is 60.1 Å². The lowest BCUT2D eigenvalue weighted by molar-refractivity contribution is 0.336. The molecule has 3 aromatic rings. The number of ether oxygens (including phenoxy) is 2. The van der Waals surface area contributed by atoms with Crippen molar-refractivity contribution in [3.05, 3.63) is 59.4 Å². The minimum absolute atomic E-state index is 0.559. The molecule has 0 aliphatic carbocycles. The highest BCUT2D eigenvalue weighted by molar-refractivity contribution is 5.88. The lowest BCUT2D eigenvalue weighted by Crippen LogP contribution is -1.96. The van der Waals surface area contributed by atoms with Crippen molar-refractivity contribution < 1.29 is 9.47 Å². The predicted molar refractivity (Wildman–Crippen MR) is 102 cm³/mol. The lowest BCUT2D eigenvalue weighted by atomic mass is 9.96. The number of aryl methyl sites for hydroxylation is 2. The molecule has 0 fully saturated rings. The van der Waals surface area contributed by atoms with Crippen LogP contribution in [0.5, 0.6) is 11.5 Å². The summed E-state index contributed by atoms with van der Waals surface area (Å²) in [6.45, 7) is 4.47. The van der Waals surface area contributed by atoms with Gasteiger partial charge in [0.1, 0.15) is 17.3 Å². The first-order valence-electron chi connectivity index (χ1n) is 8.42. The number of imidazole rings is 1. The van der Waals surface area contributed by atoms with Crippen LogP contribution in [0.1, 0.15) is 23.9 Å². The van der Waals surface area contributed by atoms with Gasteiger partial charge in [-0.15, -0.1) is 0 Å². The third-order valence-electron chi connectivity index (χ3n) is 4.36. The maximum absolute atomic E-state index is 9.31. The second kappa shape index (κ2) is 7.32. The first-order chi connectivity index (χ1) is 12.6. The van der Waals surface area contributed by atoms with E-state index < -0.39 is 0 Å². The van der Waals surface area contributed by atoms with Gasteiger partial charge in [0.2, 0.25) is 0 Å². The third-order valence-corrected chi connectivity index (χ3v) is 4.36. The van der Waals surface area contributed by atoms with Crippen molar-refractivity contribution in [3.63, 3.8) is 0 Å². The Hall–Kier alpha value is -3.26. The zero-order chi connectivity index (χ0) is 18.7. The minimum atomic E-state index is 0.559. The van der Waals surface area contributed by atoms with E-state index in [2.05, 4.69) is 11.1 Å². The van der Waals surface area contributed by atoms with Crippen molar-refractivity contribution in [2.45, 2.75) is 13.8 Å². The van der Waals surface area contributed by atoms with E-state index >= 15 is 0 Å². The minimum Gasteiger partial charge on any atom is -0.497 e. The number of hydrogen-bond acceptors (Lipinski definition) is 4. The van der Waals surface area contributed by atoms with Crippen LogP contribution >= 0.6 is 0 Å². The molecule has 0 saturated carbocycles. The van der Waals surface area contributed by atoms with Crippen LogP contribution in [0.15, 0.2) is 42.5 Å². The van der Waals surface area contributed by atoms with Gasteiger partial charge in [0.15, 0.2) is 0 Å². The standard InChI is InChI=1S/C21H21N3O2/c1-5-26-18-11-16(10-17(13-18)25-4)19(8-9-22)15-6-7-21-20(12-15)23-14(2)24(21)3/h6-8,10-13H,5H2,1-4H3/b19-8+. The molecule has 1 heterocycles. The fourth-order valence-electron chi connectivity index (χ4n) is 2.98. The molecule has 0 atom stereocenters. The number of aromatic nitrogens is 2. The van der Waals surface area contributed by atoms with Crippen LogP contribution in [0.2, 0.25) is 0 Å². The van der Waals surface area contributed by atoms with E-state index in [1.54, 1.807) is 13.2 Å². The Kier molecular flexibility index (Phi) is 4.94. The molecule has 1 aromatic heterocycles. The number of fused-ring (bicyclic) bond motifs is 1. The average Bonchev–Trinajstić information content (AvgIpc) is 2.93. The summed E-state index contributed by atoms with van der Waals surface area (Å²) in [5.41, 5.74) is 4.55. The Bertz CT molecular complexity index is 1030. The van der Waals surface area contributed by atoms with Crippen LogP contribution < -0.4 is 9.47 Å².